The predicted octanol–water partition coefficient (Wildman–Crippen LogP) is 3.59. The number of halogens is 1. The summed E-state index contributed by atoms with van der Waals surface area (Å²) in [5.41, 5.74) is 1.12. The van der Waals surface area contributed by atoms with Crippen LogP contribution in [0, 0.1) is 0 Å². The molecule has 2 aromatic carbocycles. The lowest BCUT2D eigenvalue weighted by molar-refractivity contribution is 0.0594. The molecule has 2 aromatic heterocycles. The minimum Gasteiger partial charge on any atom is -0.459 e. The number of hydrogen-bond donors (Lipinski definition) is 0. The minimum absolute atomic E-state index is 0.105. The van der Waals surface area contributed by atoms with Crippen molar-refractivity contribution >= 4 is 28.4 Å². The topological polar surface area (TPSA) is 71.6 Å². The Hall–Kier alpha value is -3.42. The van der Waals surface area contributed by atoms with Gasteiger partial charge in [0, 0.05) is 26.2 Å². The molecule has 0 N–H and O–H groups in total. The van der Waals surface area contributed by atoms with E-state index < -0.39 is 0 Å². The van der Waals surface area contributed by atoms with E-state index in [0.717, 1.165) is 0 Å². The van der Waals surface area contributed by atoms with Crippen molar-refractivity contribution in [3.63, 3.8) is 0 Å². The van der Waals surface area contributed by atoms with Gasteiger partial charge in [-0.05, 0) is 36.4 Å². The molecule has 1 saturated heterocycles. The number of carbonyl (C=O) groups excluding carboxylic acids is 1. The number of hydrogen-bond acceptors (Lipinski definition) is 5. The summed E-state index contributed by atoms with van der Waals surface area (Å²) in [6.07, 6.45) is 1.50. The van der Waals surface area contributed by atoms with Crippen LogP contribution in [0.2, 0.25) is 5.02 Å². The van der Waals surface area contributed by atoms with E-state index in [4.69, 9.17) is 21.0 Å². The summed E-state index contributed by atoms with van der Waals surface area (Å²) in [6, 6.07) is 18.0. The van der Waals surface area contributed by atoms with Gasteiger partial charge in [-0.3, -0.25) is 19.1 Å². The summed E-state index contributed by atoms with van der Waals surface area (Å²) in [4.78, 5) is 34.7. The zero-order valence-corrected chi connectivity index (χ0v) is 18.0. The second kappa shape index (κ2) is 8.61. The first-order chi connectivity index (χ1) is 15.6. The Labute approximate surface area is 189 Å². The molecule has 0 aliphatic carbocycles. The number of fused-ring (bicyclic) bond motifs is 1. The van der Waals surface area contributed by atoms with Gasteiger partial charge in [0.2, 0.25) is 0 Å². The highest BCUT2D eigenvalue weighted by molar-refractivity contribution is 6.32. The van der Waals surface area contributed by atoms with Gasteiger partial charge in [0.25, 0.3) is 11.5 Å². The largest absolute Gasteiger partial charge is 0.459 e. The molecular formula is C24H21ClN4O3. The van der Waals surface area contributed by atoms with Crippen molar-refractivity contribution in [2.75, 3.05) is 26.2 Å². The fraction of sp³-hybridized carbons (Fsp3) is 0.208. The van der Waals surface area contributed by atoms with Crippen molar-refractivity contribution in [1.82, 2.24) is 19.4 Å². The molecule has 0 saturated carbocycles. The molecule has 1 aliphatic heterocycles. The number of furan rings is 1. The van der Waals surface area contributed by atoms with E-state index in [2.05, 4.69) is 4.90 Å². The van der Waals surface area contributed by atoms with Crippen molar-refractivity contribution in [3.05, 3.63) is 93.9 Å². The highest BCUT2D eigenvalue weighted by Crippen LogP contribution is 2.22. The predicted molar refractivity (Wildman–Crippen MR) is 122 cm³/mol. The van der Waals surface area contributed by atoms with Crippen LogP contribution in [0.3, 0.4) is 0 Å². The quantitative estimate of drug-likeness (QED) is 0.477. The van der Waals surface area contributed by atoms with Crippen LogP contribution in [0.5, 0.6) is 0 Å². The van der Waals surface area contributed by atoms with E-state index in [0.29, 0.717) is 65.9 Å². The third-order valence-corrected chi connectivity index (χ3v) is 6.01. The molecule has 1 fully saturated rings. The fourth-order valence-electron chi connectivity index (χ4n) is 4.03. The first kappa shape index (κ1) is 20.5. The SMILES string of the molecule is O=C(c1ccco1)N1CCN(Cc2nc3ccccc3c(=O)n2-c2ccccc2Cl)CC1. The second-order valence-electron chi connectivity index (χ2n) is 7.68. The van der Waals surface area contributed by atoms with Crippen LogP contribution < -0.4 is 5.56 Å². The monoisotopic (exact) mass is 448 g/mol. The van der Waals surface area contributed by atoms with Crippen molar-refractivity contribution in [3.8, 4) is 5.69 Å². The Morgan fingerprint density at radius 1 is 0.969 bits per heavy atom. The van der Waals surface area contributed by atoms with Crippen LogP contribution in [0.25, 0.3) is 16.6 Å². The molecule has 5 rings (SSSR count). The van der Waals surface area contributed by atoms with Gasteiger partial charge in [-0.25, -0.2) is 4.98 Å². The Balaban J connectivity index is 1.44. The van der Waals surface area contributed by atoms with Crippen LogP contribution in [-0.2, 0) is 6.54 Å². The maximum Gasteiger partial charge on any atom is 0.289 e. The summed E-state index contributed by atoms with van der Waals surface area (Å²) in [5, 5.41) is 1.03. The molecule has 8 heteroatoms. The van der Waals surface area contributed by atoms with E-state index in [-0.39, 0.29) is 11.5 Å². The standard InChI is InChI=1S/C24H21ClN4O3/c25-18-7-2-4-9-20(18)29-22(26-19-8-3-1-6-17(19)23(29)30)16-27-11-13-28(14-12-27)24(31)21-10-5-15-32-21/h1-10,15H,11-14,16H2. The summed E-state index contributed by atoms with van der Waals surface area (Å²) < 4.78 is 6.84. The highest BCUT2D eigenvalue weighted by Gasteiger charge is 2.25. The highest BCUT2D eigenvalue weighted by atomic mass is 35.5. The molecule has 1 aliphatic rings. The Morgan fingerprint density at radius 2 is 1.72 bits per heavy atom. The lowest BCUT2D eigenvalue weighted by atomic mass is 10.2. The van der Waals surface area contributed by atoms with Gasteiger partial charge in [-0.15, -0.1) is 0 Å². The third kappa shape index (κ3) is 3.81. The molecule has 162 valence electrons. The number of amides is 1. The molecule has 1 amide bonds. The molecule has 3 heterocycles. The first-order valence-electron chi connectivity index (χ1n) is 10.4. The van der Waals surface area contributed by atoms with Crippen LogP contribution in [0.15, 0.2) is 76.1 Å². The van der Waals surface area contributed by atoms with Crippen LogP contribution >= 0.6 is 11.6 Å². The zero-order valence-electron chi connectivity index (χ0n) is 17.3. The van der Waals surface area contributed by atoms with Gasteiger partial charge >= 0.3 is 0 Å². The lowest BCUT2D eigenvalue weighted by Gasteiger charge is -2.34. The molecule has 0 atom stereocenters. The van der Waals surface area contributed by atoms with Crippen molar-refractivity contribution in [2.24, 2.45) is 0 Å². The molecule has 7 nitrogen and oxygen atoms in total. The van der Waals surface area contributed by atoms with Gasteiger partial charge in [0.15, 0.2) is 5.76 Å². The number of rotatable bonds is 4. The van der Waals surface area contributed by atoms with E-state index >= 15 is 0 Å². The van der Waals surface area contributed by atoms with Gasteiger partial charge < -0.3 is 9.32 Å². The molecule has 0 spiro atoms. The molecule has 4 aromatic rings. The smallest absolute Gasteiger partial charge is 0.289 e. The zero-order chi connectivity index (χ0) is 22.1. The summed E-state index contributed by atoms with van der Waals surface area (Å²) in [7, 11) is 0. The summed E-state index contributed by atoms with van der Waals surface area (Å²) >= 11 is 6.45. The Kier molecular flexibility index (Phi) is 5.51. The summed E-state index contributed by atoms with van der Waals surface area (Å²) in [6.45, 7) is 2.94. The number of nitrogens with zero attached hydrogens (tertiary/aromatic N) is 4. The maximum atomic E-state index is 13.4. The number of piperazine rings is 1. The van der Waals surface area contributed by atoms with E-state index in [1.807, 2.05) is 36.4 Å². The van der Waals surface area contributed by atoms with E-state index in [1.165, 1.54) is 6.26 Å². The molecule has 0 radical (unpaired) electrons. The number of benzene rings is 2. The van der Waals surface area contributed by atoms with Crippen molar-refractivity contribution < 1.29 is 9.21 Å². The Morgan fingerprint density at radius 3 is 2.47 bits per heavy atom. The normalized spacial score (nSPS) is 14.7. The fourth-order valence-corrected chi connectivity index (χ4v) is 4.25. The van der Waals surface area contributed by atoms with Gasteiger partial charge in [-0.2, -0.15) is 0 Å². The molecule has 0 unspecified atom stereocenters. The van der Waals surface area contributed by atoms with E-state index in [9.17, 15) is 9.59 Å². The van der Waals surface area contributed by atoms with Crippen LogP contribution in [0.1, 0.15) is 16.4 Å². The molecule has 0 bridgehead atoms. The second-order valence-corrected chi connectivity index (χ2v) is 8.09. The van der Waals surface area contributed by atoms with E-state index in [1.54, 1.807) is 33.7 Å². The average Bonchev–Trinajstić information content (AvgIpc) is 3.35. The van der Waals surface area contributed by atoms with Crippen molar-refractivity contribution in [1.29, 1.82) is 0 Å². The van der Waals surface area contributed by atoms with Crippen molar-refractivity contribution in [2.45, 2.75) is 6.54 Å². The maximum absolute atomic E-state index is 13.4. The number of carbonyl (C=O) groups is 1. The van der Waals surface area contributed by atoms with Gasteiger partial charge in [-0.1, -0.05) is 35.9 Å². The van der Waals surface area contributed by atoms with Gasteiger partial charge in [0.1, 0.15) is 5.82 Å². The summed E-state index contributed by atoms with van der Waals surface area (Å²) in [5.74, 6) is 0.862. The molecular weight excluding hydrogens is 428 g/mol. The third-order valence-electron chi connectivity index (χ3n) is 5.70. The Bertz CT molecular complexity index is 1320. The first-order valence-corrected chi connectivity index (χ1v) is 10.8. The van der Waals surface area contributed by atoms with Crippen LogP contribution in [-0.4, -0.2) is 51.4 Å². The minimum atomic E-state index is -0.148. The number of para-hydroxylation sites is 2. The number of aromatic nitrogens is 2. The van der Waals surface area contributed by atoms with Gasteiger partial charge in [0.05, 0.1) is 34.4 Å². The lowest BCUT2D eigenvalue weighted by Crippen LogP contribution is -2.48. The molecule has 32 heavy (non-hydrogen) atoms. The van der Waals surface area contributed by atoms with Crippen LogP contribution in [0.4, 0.5) is 0 Å². The average molecular weight is 449 g/mol.